The Kier molecular flexibility index (Phi) is 2.62. The monoisotopic (exact) mass is 265 g/mol. The summed E-state index contributed by atoms with van der Waals surface area (Å²) in [4.78, 5) is 0. The molecule has 1 saturated heterocycles. The van der Waals surface area contributed by atoms with Crippen molar-refractivity contribution in [2.24, 2.45) is 0 Å². The van der Waals surface area contributed by atoms with E-state index in [4.69, 9.17) is 0 Å². The van der Waals surface area contributed by atoms with Gasteiger partial charge in [-0.2, -0.15) is 0 Å². The van der Waals surface area contributed by atoms with E-state index in [1.165, 1.54) is 0 Å². The highest BCUT2D eigenvalue weighted by atomic mass is 32.2. The normalized spacial score (nSPS) is 23.3. The fraction of sp³-hybridized carbons (Fsp3) is 0.500. The summed E-state index contributed by atoms with van der Waals surface area (Å²) in [6.45, 7) is 1.98. The molecule has 1 aliphatic heterocycles. The quantitative estimate of drug-likeness (QED) is 0.787. The Bertz CT molecular complexity index is 690. The third-order valence-electron chi connectivity index (χ3n) is 3.46. The minimum Gasteiger partial charge on any atom is -0.285 e. The van der Waals surface area contributed by atoms with Crippen LogP contribution in [0.5, 0.6) is 0 Å². The van der Waals surface area contributed by atoms with Crippen molar-refractivity contribution in [3.05, 3.63) is 29.7 Å². The van der Waals surface area contributed by atoms with Crippen molar-refractivity contribution in [2.45, 2.75) is 31.4 Å². The molecule has 0 bridgehead atoms. The Labute approximate surface area is 106 Å². The maximum atomic E-state index is 12.1. The minimum atomic E-state index is -3.07. The largest absolute Gasteiger partial charge is 0.285 e. The van der Waals surface area contributed by atoms with E-state index in [2.05, 4.69) is 10.2 Å². The van der Waals surface area contributed by atoms with E-state index in [0.717, 1.165) is 18.4 Å². The molecule has 5 nitrogen and oxygen atoms in total. The third-order valence-corrected chi connectivity index (χ3v) is 5.63. The smallest absolute Gasteiger partial charge is 0.161 e. The number of sulfone groups is 1. The molecule has 0 N–H and O–H groups in total. The number of pyridine rings is 1. The summed E-state index contributed by atoms with van der Waals surface area (Å²) in [5.74, 6) is 0.822. The molecule has 0 saturated carbocycles. The molecule has 3 heterocycles. The van der Waals surface area contributed by atoms with Gasteiger partial charge >= 0.3 is 0 Å². The standard InChI is InChI=1S/C12H15N3O2S/c1-9-5-6-15-11(8-9)13-14-12(15)10-4-2-3-7-18(10,16)17/h5-6,8,10H,2-4,7H2,1H3. The van der Waals surface area contributed by atoms with Crippen LogP contribution in [0.3, 0.4) is 0 Å². The topological polar surface area (TPSA) is 64.3 Å². The third kappa shape index (κ3) is 1.80. The van der Waals surface area contributed by atoms with E-state index in [0.29, 0.717) is 17.9 Å². The molecule has 1 aliphatic rings. The fourth-order valence-corrected chi connectivity index (χ4v) is 4.37. The zero-order chi connectivity index (χ0) is 12.8. The zero-order valence-corrected chi connectivity index (χ0v) is 11.0. The summed E-state index contributed by atoms with van der Waals surface area (Å²) >= 11 is 0. The molecule has 0 radical (unpaired) electrons. The average molecular weight is 265 g/mol. The van der Waals surface area contributed by atoms with Gasteiger partial charge < -0.3 is 0 Å². The van der Waals surface area contributed by atoms with Gasteiger partial charge in [0.2, 0.25) is 0 Å². The van der Waals surface area contributed by atoms with Crippen LogP contribution < -0.4 is 0 Å². The molecule has 1 fully saturated rings. The summed E-state index contributed by atoms with van der Waals surface area (Å²) in [5.41, 5.74) is 1.80. The van der Waals surface area contributed by atoms with Crippen molar-refractivity contribution in [3.63, 3.8) is 0 Å². The van der Waals surface area contributed by atoms with Crippen LogP contribution in [0.1, 0.15) is 35.9 Å². The molecule has 6 heteroatoms. The van der Waals surface area contributed by atoms with E-state index in [-0.39, 0.29) is 5.75 Å². The minimum absolute atomic E-state index is 0.262. The van der Waals surface area contributed by atoms with Crippen LogP contribution >= 0.6 is 0 Å². The predicted octanol–water partition coefficient (Wildman–Crippen LogP) is 1.68. The Morgan fingerprint density at radius 1 is 1.33 bits per heavy atom. The molecule has 0 amide bonds. The van der Waals surface area contributed by atoms with Crippen molar-refractivity contribution in [1.82, 2.24) is 14.6 Å². The molecule has 0 aromatic carbocycles. The lowest BCUT2D eigenvalue weighted by molar-refractivity contribution is 0.537. The summed E-state index contributed by atoms with van der Waals surface area (Å²) in [7, 11) is -3.07. The van der Waals surface area contributed by atoms with Gasteiger partial charge in [0.25, 0.3) is 0 Å². The number of fused-ring (bicyclic) bond motifs is 1. The van der Waals surface area contributed by atoms with Gasteiger partial charge in [0.05, 0.1) is 5.75 Å². The summed E-state index contributed by atoms with van der Waals surface area (Å²) in [5, 5.41) is 7.66. The first-order valence-corrected chi connectivity index (χ1v) is 7.82. The molecule has 18 heavy (non-hydrogen) atoms. The number of aromatic nitrogens is 3. The lowest BCUT2D eigenvalue weighted by Gasteiger charge is -2.20. The summed E-state index contributed by atoms with van der Waals surface area (Å²) in [6, 6.07) is 3.85. The Balaban J connectivity index is 2.14. The predicted molar refractivity (Wildman–Crippen MR) is 68.1 cm³/mol. The van der Waals surface area contributed by atoms with Crippen LogP contribution in [0.15, 0.2) is 18.3 Å². The second-order valence-electron chi connectivity index (χ2n) is 4.84. The first kappa shape index (κ1) is 11.6. The van der Waals surface area contributed by atoms with E-state index < -0.39 is 15.1 Å². The highest BCUT2D eigenvalue weighted by Crippen LogP contribution is 2.32. The molecule has 2 aromatic rings. The van der Waals surface area contributed by atoms with Gasteiger partial charge in [-0.05, 0) is 37.5 Å². The van der Waals surface area contributed by atoms with Gasteiger partial charge in [0, 0.05) is 6.20 Å². The second kappa shape index (κ2) is 4.05. The number of aryl methyl sites for hydroxylation is 1. The molecular weight excluding hydrogens is 250 g/mol. The van der Waals surface area contributed by atoms with Crippen LogP contribution in [0, 0.1) is 6.92 Å². The zero-order valence-electron chi connectivity index (χ0n) is 10.2. The molecule has 96 valence electrons. The number of hydrogen-bond acceptors (Lipinski definition) is 4. The average Bonchev–Trinajstić information content (AvgIpc) is 2.71. The van der Waals surface area contributed by atoms with Gasteiger partial charge in [-0.1, -0.05) is 6.42 Å². The SMILES string of the molecule is Cc1ccn2c(C3CCCCS3(=O)=O)nnc2c1. The van der Waals surface area contributed by atoms with Crippen molar-refractivity contribution in [3.8, 4) is 0 Å². The van der Waals surface area contributed by atoms with Gasteiger partial charge in [-0.25, -0.2) is 8.42 Å². The molecule has 0 aliphatic carbocycles. The number of rotatable bonds is 1. The van der Waals surface area contributed by atoms with Crippen molar-refractivity contribution in [1.29, 1.82) is 0 Å². The molecule has 0 spiro atoms. The van der Waals surface area contributed by atoms with Gasteiger partial charge in [0.15, 0.2) is 21.3 Å². The maximum Gasteiger partial charge on any atom is 0.161 e. The number of hydrogen-bond donors (Lipinski definition) is 0. The first-order valence-electron chi connectivity index (χ1n) is 6.11. The fourth-order valence-electron chi connectivity index (χ4n) is 2.48. The van der Waals surface area contributed by atoms with Crippen molar-refractivity contribution in [2.75, 3.05) is 5.75 Å². The van der Waals surface area contributed by atoms with E-state index in [1.807, 2.05) is 25.3 Å². The highest BCUT2D eigenvalue weighted by Gasteiger charge is 2.33. The number of nitrogens with zero attached hydrogens (tertiary/aromatic N) is 3. The van der Waals surface area contributed by atoms with Crippen LogP contribution in [-0.2, 0) is 9.84 Å². The van der Waals surface area contributed by atoms with E-state index >= 15 is 0 Å². The lowest BCUT2D eigenvalue weighted by Crippen LogP contribution is -2.23. The van der Waals surface area contributed by atoms with Crippen LogP contribution in [0.2, 0.25) is 0 Å². The van der Waals surface area contributed by atoms with Gasteiger partial charge in [-0.15, -0.1) is 10.2 Å². The Morgan fingerprint density at radius 3 is 2.94 bits per heavy atom. The van der Waals surface area contributed by atoms with Crippen molar-refractivity contribution >= 4 is 15.5 Å². The van der Waals surface area contributed by atoms with Crippen molar-refractivity contribution < 1.29 is 8.42 Å². The van der Waals surface area contributed by atoms with E-state index in [1.54, 1.807) is 4.40 Å². The van der Waals surface area contributed by atoms with Gasteiger partial charge in [-0.3, -0.25) is 4.40 Å². The first-order chi connectivity index (χ1) is 8.58. The molecule has 1 atom stereocenters. The summed E-state index contributed by atoms with van der Waals surface area (Å²) in [6.07, 6.45) is 4.19. The van der Waals surface area contributed by atoms with Crippen LogP contribution in [0.4, 0.5) is 0 Å². The molecule has 2 aromatic heterocycles. The second-order valence-corrected chi connectivity index (χ2v) is 7.14. The highest BCUT2D eigenvalue weighted by molar-refractivity contribution is 7.91. The Hall–Kier alpha value is -1.43. The lowest BCUT2D eigenvalue weighted by atomic mass is 10.2. The molecular formula is C12H15N3O2S. The molecule has 1 unspecified atom stereocenters. The van der Waals surface area contributed by atoms with Crippen LogP contribution in [-0.4, -0.2) is 28.8 Å². The Morgan fingerprint density at radius 2 is 2.17 bits per heavy atom. The summed E-state index contributed by atoms with van der Waals surface area (Å²) < 4.78 is 26.0. The van der Waals surface area contributed by atoms with Crippen LogP contribution in [0.25, 0.3) is 5.65 Å². The maximum absolute atomic E-state index is 12.1. The van der Waals surface area contributed by atoms with Gasteiger partial charge in [0.1, 0.15) is 5.25 Å². The van der Waals surface area contributed by atoms with E-state index in [9.17, 15) is 8.42 Å². The molecule has 3 rings (SSSR count).